The zero-order valence-corrected chi connectivity index (χ0v) is 16.2. The van der Waals surface area contributed by atoms with Crippen molar-refractivity contribution in [2.75, 3.05) is 22.9 Å². The normalized spacial score (nSPS) is 10.6. The molecule has 1 aromatic heterocycles. The number of urea groups is 1. The average Bonchev–Trinajstić information content (AvgIpc) is 2.70. The number of halogens is 2. The van der Waals surface area contributed by atoms with Gasteiger partial charge in [-0.3, -0.25) is 5.32 Å². The smallest absolute Gasteiger partial charge is 0.324 e. The van der Waals surface area contributed by atoms with E-state index in [0.29, 0.717) is 30.2 Å². The number of hydrogen-bond acceptors (Lipinski definition) is 5. The Morgan fingerprint density at radius 1 is 1.07 bits per heavy atom. The van der Waals surface area contributed by atoms with Gasteiger partial charge in [-0.15, -0.1) is 0 Å². The van der Waals surface area contributed by atoms with Crippen molar-refractivity contribution in [1.82, 2.24) is 15.3 Å². The fourth-order valence-corrected chi connectivity index (χ4v) is 2.84. The standard InChI is InChI=1S/C20H20ClFN6O/c21-17-9-16(27-20(29)28-19-12-25-18(23)11-26-19)6-3-14(17)7-8-24-10-13-1-4-15(22)5-2-13/h1-6,9,11-12,24H,7-8,10H2,(H2,23,25)(H2,26,27,28,29). The third-order valence-corrected chi connectivity index (χ3v) is 4.39. The Morgan fingerprint density at radius 3 is 2.55 bits per heavy atom. The number of benzene rings is 2. The molecular weight excluding hydrogens is 395 g/mol. The molecule has 7 nitrogen and oxygen atoms in total. The maximum absolute atomic E-state index is 12.9. The Balaban J connectivity index is 1.47. The summed E-state index contributed by atoms with van der Waals surface area (Å²) in [5.74, 6) is 0.307. The van der Waals surface area contributed by atoms with Gasteiger partial charge < -0.3 is 16.4 Å². The van der Waals surface area contributed by atoms with Crippen molar-refractivity contribution in [2.45, 2.75) is 13.0 Å². The van der Waals surface area contributed by atoms with Crippen LogP contribution < -0.4 is 21.7 Å². The molecule has 2 amide bonds. The second kappa shape index (κ2) is 9.81. The Labute approximate surface area is 172 Å². The van der Waals surface area contributed by atoms with Crippen LogP contribution >= 0.6 is 11.6 Å². The second-order valence-corrected chi connectivity index (χ2v) is 6.67. The van der Waals surface area contributed by atoms with Gasteiger partial charge in [-0.25, -0.2) is 19.2 Å². The van der Waals surface area contributed by atoms with Gasteiger partial charge in [0.15, 0.2) is 5.82 Å². The molecule has 0 spiro atoms. The molecule has 5 N–H and O–H groups in total. The van der Waals surface area contributed by atoms with E-state index in [1.165, 1.54) is 24.5 Å². The largest absolute Gasteiger partial charge is 0.382 e. The van der Waals surface area contributed by atoms with Crippen LogP contribution in [-0.2, 0) is 13.0 Å². The lowest BCUT2D eigenvalue weighted by Crippen LogP contribution is -2.20. The van der Waals surface area contributed by atoms with E-state index in [0.717, 1.165) is 11.1 Å². The molecule has 29 heavy (non-hydrogen) atoms. The Morgan fingerprint density at radius 2 is 1.86 bits per heavy atom. The molecule has 3 rings (SSSR count). The topological polar surface area (TPSA) is 105 Å². The van der Waals surface area contributed by atoms with Gasteiger partial charge in [-0.1, -0.05) is 29.8 Å². The number of nitrogen functional groups attached to an aromatic ring is 1. The van der Waals surface area contributed by atoms with E-state index < -0.39 is 6.03 Å². The second-order valence-electron chi connectivity index (χ2n) is 6.27. The van der Waals surface area contributed by atoms with E-state index in [2.05, 4.69) is 25.9 Å². The summed E-state index contributed by atoms with van der Waals surface area (Å²) in [6, 6.07) is 11.2. The number of nitrogens with one attached hydrogen (secondary N) is 3. The summed E-state index contributed by atoms with van der Waals surface area (Å²) in [4.78, 5) is 19.8. The lowest BCUT2D eigenvalue weighted by molar-refractivity contribution is 0.262. The molecule has 0 unspecified atom stereocenters. The quantitative estimate of drug-likeness (QED) is 0.440. The van der Waals surface area contributed by atoms with Crippen LogP contribution in [0.1, 0.15) is 11.1 Å². The molecule has 0 atom stereocenters. The molecule has 0 bridgehead atoms. The molecule has 150 valence electrons. The van der Waals surface area contributed by atoms with Crippen LogP contribution in [0.5, 0.6) is 0 Å². The summed E-state index contributed by atoms with van der Waals surface area (Å²) in [6.07, 6.45) is 3.43. The molecule has 0 saturated carbocycles. The Hall–Kier alpha value is -3.23. The minimum absolute atomic E-state index is 0.246. The minimum Gasteiger partial charge on any atom is -0.382 e. The monoisotopic (exact) mass is 414 g/mol. The van der Waals surface area contributed by atoms with Crippen LogP contribution in [-0.4, -0.2) is 22.5 Å². The number of carbonyl (C=O) groups is 1. The van der Waals surface area contributed by atoms with E-state index in [-0.39, 0.29) is 17.5 Å². The van der Waals surface area contributed by atoms with Gasteiger partial charge in [-0.2, -0.15) is 0 Å². The van der Waals surface area contributed by atoms with E-state index in [1.807, 2.05) is 6.07 Å². The summed E-state index contributed by atoms with van der Waals surface area (Å²) in [5, 5.41) is 9.09. The van der Waals surface area contributed by atoms with Crippen molar-refractivity contribution >= 4 is 35.0 Å². The maximum Gasteiger partial charge on any atom is 0.324 e. The van der Waals surface area contributed by atoms with E-state index >= 15 is 0 Å². The highest BCUT2D eigenvalue weighted by Crippen LogP contribution is 2.21. The van der Waals surface area contributed by atoms with Crippen LogP contribution in [0, 0.1) is 5.82 Å². The predicted molar refractivity (Wildman–Crippen MR) is 112 cm³/mol. The van der Waals surface area contributed by atoms with Crippen LogP contribution in [0.15, 0.2) is 54.9 Å². The Bertz CT molecular complexity index is 966. The summed E-state index contributed by atoms with van der Waals surface area (Å²) >= 11 is 6.33. The predicted octanol–water partition coefficient (Wildman–Crippen LogP) is 3.83. The third kappa shape index (κ3) is 6.41. The lowest BCUT2D eigenvalue weighted by atomic mass is 10.1. The minimum atomic E-state index is -0.464. The molecule has 1 heterocycles. The number of aromatic nitrogens is 2. The first-order chi connectivity index (χ1) is 14.0. The molecular formula is C20H20ClFN6O. The van der Waals surface area contributed by atoms with Crippen molar-refractivity contribution in [3.05, 3.63) is 76.8 Å². The van der Waals surface area contributed by atoms with Gasteiger partial charge in [0.2, 0.25) is 0 Å². The first kappa shape index (κ1) is 20.5. The van der Waals surface area contributed by atoms with Crippen molar-refractivity contribution in [3.63, 3.8) is 0 Å². The number of nitrogens with zero attached hydrogens (tertiary/aromatic N) is 2. The van der Waals surface area contributed by atoms with Crippen LogP contribution in [0.2, 0.25) is 5.02 Å². The van der Waals surface area contributed by atoms with Gasteiger partial charge in [0.1, 0.15) is 11.6 Å². The van der Waals surface area contributed by atoms with Gasteiger partial charge in [0.05, 0.1) is 12.4 Å². The first-order valence-corrected chi connectivity index (χ1v) is 9.26. The Kier molecular flexibility index (Phi) is 6.94. The van der Waals surface area contributed by atoms with Crippen molar-refractivity contribution in [3.8, 4) is 0 Å². The van der Waals surface area contributed by atoms with E-state index in [9.17, 15) is 9.18 Å². The highest BCUT2D eigenvalue weighted by atomic mass is 35.5. The average molecular weight is 415 g/mol. The summed E-state index contributed by atoms with van der Waals surface area (Å²) < 4.78 is 12.9. The van der Waals surface area contributed by atoms with Gasteiger partial charge in [0.25, 0.3) is 0 Å². The maximum atomic E-state index is 12.9. The molecule has 0 aliphatic carbocycles. The van der Waals surface area contributed by atoms with Crippen LogP contribution in [0.4, 0.5) is 26.5 Å². The molecule has 0 fully saturated rings. The van der Waals surface area contributed by atoms with E-state index in [4.69, 9.17) is 17.3 Å². The SMILES string of the molecule is Nc1cnc(NC(=O)Nc2ccc(CCNCc3ccc(F)cc3)c(Cl)c2)cn1. The first-order valence-electron chi connectivity index (χ1n) is 8.89. The van der Waals surface area contributed by atoms with Crippen molar-refractivity contribution in [2.24, 2.45) is 0 Å². The zero-order valence-electron chi connectivity index (χ0n) is 15.5. The summed E-state index contributed by atoms with van der Waals surface area (Å²) in [5.41, 5.74) is 7.97. The van der Waals surface area contributed by atoms with Crippen LogP contribution in [0.25, 0.3) is 0 Å². The van der Waals surface area contributed by atoms with Crippen LogP contribution in [0.3, 0.4) is 0 Å². The zero-order chi connectivity index (χ0) is 20.6. The number of anilines is 3. The highest BCUT2D eigenvalue weighted by Gasteiger charge is 2.07. The van der Waals surface area contributed by atoms with Gasteiger partial charge in [0, 0.05) is 17.3 Å². The number of nitrogens with two attached hydrogens (primary N) is 1. The highest BCUT2D eigenvalue weighted by molar-refractivity contribution is 6.31. The molecule has 9 heteroatoms. The molecule has 3 aromatic rings. The number of amides is 2. The fourth-order valence-electron chi connectivity index (χ4n) is 2.57. The summed E-state index contributed by atoms with van der Waals surface area (Å²) in [6.45, 7) is 1.35. The van der Waals surface area contributed by atoms with E-state index in [1.54, 1.807) is 24.3 Å². The number of hydrogen-bond donors (Lipinski definition) is 4. The van der Waals surface area contributed by atoms with Gasteiger partial charge >= 0.3 is 6.03 Å². The van der Waals surface area contributed by atoms with Crippen molar-refractivity contribution in [1.29, 1.82) is 0 Å². The molecule has 0 aliphatic heterocycles. The van der Waals surface area contributed by atoms with Crippen molar-refractivity contribution < 1.29 is 9.18 Å². The fraction of sp³-hybridized carbons (Fsp3) is 0.150. The van der Waals surface area contributed by atoms with Gasteiger partial charge in [-0.05, 0) is 48.4 Å². The molecule has 2 aromatic carbocycles. The number of rotatable bonds is 7. The lowest BCUT2D eigenvalue weighted by Gasteiger charge is -2.10. The number of carbonyl (C=O) groups excluding carboxylic acids is 1. The third-order valence-electron chi connectivity index (χ3n) is 4.04. The molecule has 0 aliphatic rings. The molecule has 0 saturated heterocycles. The molecule has 0 radical (unpaired) electrons. The summed E-state index contributed by atoms with van der Waals surface area (Å²) in [7, 11) is 0.